The molecule has 2 N–H and O–H groups in total. The molecule has 1 aliphatic heterocycles. The van der Waals surface area contributed by atoms with Gasteiger partial charge in [0.15, 0.2) is 0 Å². The lowest BCUT2D eigenvalue weighted by atomic mass is 9.93. The lowest BCUT2D eigenvalue weighted by Crippen LogP contribution is -2.39. The molecular formula is C15H19BrN2O. The van der Waals surface area contributed by atoms with Crippen LogP contribution in [0.4, 0.5) is 5.69 Å². The number of benzene rings is 1. The molecule has 2 aliphatic rings. The highest BCUT2D eigenvalue weighted by Crippen LogP contribution is 2.38. The molecule has 1 aromatic carbocycles. The van der Waals surface area contributed by atoms with Gasteiger partial charge in [0.25, 0.3) is 0 Å². The minimum absolute atomic E-state index is 0.00687. The highest BCUT2D eigenvalue weighted by Gasteiger charge is 2.42. The zero-order valence-electron chi connectivity index (χ0n) is 11.1. The number of aryl methyl sites for hydroxylation is 1. The van der Waals surface area contributed by atoms with Crippen molar-refractivity contribution in [2.75, 3.05) is 11.9 Å². The van der Waals surface area contributed by atoms with Crippen molar-refractivity contribution in [3.8, 4) is 0 Å². The first-order valence-electron chi connectivity index (χ1n) is 6.95. The zero-order valence-corrected chi connectivity index (χ0v) is 12.7. The van der Waals surface area contributed by atoms with Crippen molar-refractivity contribution in [3.05, 3.63) is 28.2 Å². The van der Waals surface area contributed by atoms with Gasteiger partial charge in [-0.3, -0.25) is 4.79 Å². The molecule has 0 radical (unpaired) electrons. The van der Waals surface area contributed by atoms with Crippen molar-refractivity contribution < 1.29 is 4.79 Å². The molecule has 1 saturated heterocycles. The summed E-state index contributed by atoms with van der Waals surface area (Å²) in [5, 5.41) is 6.41. The van der Waals surface area contributed by atoms with E-state index in [1.165, 1.54) is 24.8 Å². The summed E-state index contributed by atoms with van der Waals surface area (Å²) in [5.41, 5.74) is 2.04. The van der Waals surface area contributed by atoms with Gasteiger partial charge in [0, 0.05) is 10.2 Å². The van der Waals surface area contributed by atoms with E-state index in [1.807, 2.05) is 25.1 Å². The molecule has 0 spiro atoms. The third-order valence-corrected chi connectivity index (χ3v) is 5.32. The van der Waals surface area contributed by atoms with Crippen LogP contribution >= 0.6 is 15.9 Å². The number of hydrogen-bond donors (Lipinski definition) is 2. The number of nitrogens with one attached hydrogen (secondary N) is 2. The van der Waals surface area contributed by atoms with Crippen LogP contribution in [0.15, 0.2) is 22.7 Å². The highest BCUT2D eigenvalue weighted by atomic mass is 79.9. The number of fused-ring (bicyclic) bond motifs is 1. The minimum atomic E-state index is -0.00687. The van der Waals surface area contributed by atoms with Crippen LogP contribution in [0.5, 0.6) is 0 Å². The Morgan fingerprint density at radius 2 is 2.26 bits per heavy atom. The summed E-state index contributed by atoms with van der Waals surface area (Å²) in [7, 11) is 0. The second kappa shape index (κ2) is 5.25. The molecule has 1 heterocycles. The quantitative estimate of drug-likeness (QED) is 0.878. The monoisotopic (exact) mass is 322 g/mol. The molecule has 1 amide bonds. The van der Waals surface area contributed by atoms with Crippen molar-refractivity contribution in [3.63, 3.8) is 0 Å². The summed E-state index contributed by atoms with van der Waals surface area (Å²) in [5.74, 6) is 1.36. The number of anilines is 1. The molecule has 3 nitrogen and oxygen atoms in total. The number of rotatable bonds is 2. The van der Waals surface area contributed by atoms with Crippen LogP contribution < -0.4 is 10.6 Å². The summed E-state index contributed by atoms with van der Waals surface area (Å²) in [4.78, 5) is 12.4. The van der Waals surface area contributed by atoms with E-state index in [9.17, 15) is 4.79 Å². The Balaban J connectivity index is 1.69. The lowest BCUT2D eigenvalue weighted by molar-refractivity contribution is -0.118. The number of carbonyl (C=O) groups is 1. The Labute approximate surface area is 122 Å². The molecule has 1 saturated carbocycles. The predicted octanol–water partition coefficient (Wildman–Crippen LogP) is 3.08. The predicted molar refractivity (Wildman–Crippen MR) is 80.1 cm³/mol. The van der Waals surface area contributed by atoms with E-state index in [4.69, 9.17) is 0 Å². The van der Waals surface area contributed by atoms with E-state index in [1.54, 1.807) is 0 Å². The molecule has 4 heteroatoms. The summed E-state index contributed by atoms with van der Waals surface area (Å²) in [6.07, 6.45) is 3.74. The first-order valence-corrected chi connectivity index (χ1v) is 7.75. The van der Waals surface area contributed by atoms with Gasteiger partial charge in [-0.1, -0.05) is 28.4 Å². The molecule has 1 aliphatic carbocycles. The molecule has 0 aromatic heterocycles. The van der Waals surface area contributed by atoms with E-state index in [-0.39, 0.29) is 11.9 Å². The smallest absolute Gasteiger partial charge is 0.241 e. The van der Waals surface area contributed by atoms with Crippen molar-refractivity contribution in [2.24, 2.45) is 11.8 Å². The van der Waals surface area contributed by atoms with Gasteiger partial charge in [-0.05, 0) is 55.8 Å². The van der Waals surface area contributed by atoms with E-state index in [0.717, 1.165) is 16.7 Å². The second-order valence-electron chi connectivity index (χ2n) is 5.69. The summed E-state index contributed by atoms with van der Waals surface area (Å²) in [6, 6.07) is 5.93. The van der Waals surface area contributed by atoms with Gasteiger partial charge in [-0.25, -0.2) is 0 Å². The summed E-state index contributed by atoms with van der Waals surface area (Å²) >= 11 is 3.50. The van der Waals surface area contributed by atoms with Crippen molar-refractivity contribution in [1.82, 2.24) is 5.32 Å². The van der Waals surface area contributed by atoms with Crippen LogP contribution in [-0.2, 0) is 4.79 Å². The maximum absolute atomic E-state index is 12.4. The lowest BCUT2D eigenvalue weighted by Gasteiger charge is -2.18. The first kappa shape index (κ1) is 13.1. The molecule has 2 fully saturated rings. The van der Waals surface area contributed by atoms with Crippen LogP contribution in [0.25, 0.3) is 0 Å². The molecule has 3 atom stereocenters. The van der Waals surface area contributed by atoms with Gasteiger partial charge in [0.1, 0.15) is 0 Å². The topological polar surface area (TPSA) is 41.1 Å². The van der Waals surface area contributed by atoms with Gasteiger partial charge in [-0.2, -0.15) is 0 Å². The van der Waals surface area contributed by atoms with E-state index >= 15 is 0 Å². The number of halogens is 1. The van der Waals surface area contributed by atoms with Crippen LogP contribution in [0.1, 0.15) is 24.8 Å². The van der Waals surface area contributed by atoms with E-state index < -0.39 is 0 Å². The normalized spacial score (nSPS) is 29.3. The molecule has 19 heavy (non-hydrogen) atoms. The van der Waals surface area contributed by atoms with Crippen LogP contribution in [0.3, 0.4) is 0 Å². The third kappa shape index (κ3) is 2.56. The fraction of sp³-hybridized carbons (Fsp3) is 0.533. The number of amides is 1. The SMILES string of the molecule is Cc1ccc(NC(=O)C2NCC3CCCC32)cc1Br. The number of carbonyl (C=O) groups excluding carboxylic acids is 1. The van der Waals surface area contributed by atoms with Gasteiger partial charge in [-0.15, -0.1) is 0 Å². The van der Waals surface area contributed by atoms with Crippen LogP contribution in [0.2, 0.25) is 0 Å². The highest BCUT2D eigenvalue weighted by molar-refractivity contribution is 9.10. The Morgan fingerprint density at radius 1 is 1.42 bits per heavy atom. The second-order valence-corrected chi connectivity index (χ2v) is 6.55. The average Bonchev–Trinajstić information content (AvgIpc) is 2.95. The minimum Gasteiger partial charge on any atom is -0.325 e. The van der Waals surface area contributed by atoms with Gasteiger partial charge < -0.3 is 10.6 Å². The number of hydrogen-bond acceptors (Lipinski definition) is 2. The van der Waals surface area contributed by atoms with Crippen LogP contribution in [-0.4, -0.2) is 18.5 Å². The van der Waals surface area contributed by atoms with Gasteiger partial charge in [0.05, 0.1) is 6.04 Å². The van der Waals surface area contributed by atoms with Crippen molar-refractivity contribution in [1.29, 1.82) is 0 Å². The first-order chi connectivity index (χ1) is 9.15. The van der Waals surface area contributed by atoms with Crippen LogP contribution in [0, 0.1) is 18.8 Å². The average molecular weight is 323 g/mol. The molecule has 3 rings (SSSR count). The molecule has 0 bridgehead atoms. The van der Waals surface area contributed by atoms with Gasteiger partial charge in [0.2, 0.25) is 5.91 Å². The van der Waals surface area contributed by atoms with Gasteiger partial charge >= 0.3 is 0 Å². The Bertz CT molecular complexity index is 503. The van der Waals surface area contributed by atoms with E-state index in [2.05, 4.69) is 26.6 Å². The Kier molecular flexibility index (Phi) is 3.63. The zero-order chi connectivity index (χ0) is 13.4. The molecular weight excluding hydrogens is 304 g/mol. The largest absolute Gasteiger partial charge is 0.325 e. The van der Waals surface area contributed by atoms with E-state index in [0.29, 0.717) is 11.8 Å². The fourth-order valence-electron chi connectivity index (χ4n) is 3.37. The Morgan fingerprint density at radius 3 is 3.05 bits per heavy atom. The van der Waals surface area contributed by atoms with Crippen molar-refractivity contribution >= 4 is 27.5 Å². The molecule has 102 valence electrons. The standard InChI is InChI=1S/C15H19BrN2O/c1-9-5-6-11(7-13(9)16)18-15(19)14-12-4-2-3-10(12)8-17-14/h5-7,10,12,14,17H,2-4,8H2,1H3,(H,18,19). The maximum Gasteiger partial charge on any atom is 0.241 e. The Hall–Kier alpha value is -0.870. The fourth-order valence-corrected chi connectivity index (χ4v) is 3.74. The summed E-state index contributed by atoms with van der Waals surface area (Å²) in [6.45, 7) is 3.04. The summed E-state index contributed by atoms with van der Waals surface area (Å²) < 4.78 is 1.03. The third-order valence-electron chi connectivity index (χ3n) is 4.47. The molecule has 3 unspecified atom stereocenters. The maximum atomic E-state index is 12.4. The molecule has 1 aromatic rings. The van der Waals surface area contributed by atoms with Crippen molar-refractivity contribution in [2.45, 2.75) is 32.2 Å².